The first-order valence-corrected chi connectivity index (χ1v) is 13.5. The van der Waals surface area contributed by atoms with Gasteiger partial charge in [0.05, 0.1) is 11.0 Å². The van der Waals surface area contributed by atoms with E-state index in [0.717, 1.165) is 48.7 Å². The van der Waals surface area contributed by atoms with Crippen LogP contribution >= 0.6 is 0 Å². The van der Waals surface area contributed by atoms with Crippen LogP contribution in [0.1, 0.15) is 50.2 Å². The molecule has 0 fully saturated rings. The fourth-order valence-electron chi connectivity index (χ4n) is 5.25. The average molecular weight is 517 g/mol. The maximum absolute atomic E-state index is 13.5. The summed E-state index contributed by atoms with van der Waals surface area (Å²) < 4.78 is 12.7. The molecule has 0 bridgehead atoms. The smallest absolute Gasteiger partial charge is 0.194 e. The first-order chi connectivity index (χ1) is 18.3. The Labute approximate surface area is 222 Å². The van der Waals surface area contributed by atoms with Crippen LogP contribution in [0.3, 0.4) is 0 Å². The number of H-pyrrole nitrogens is 2. The largest absolute Gasteiger partial charge is 0.447 e. The van der Waals surface area contributed by atoms with Crippen molar-refractivity contribution in [3.63, 3.8) is 0 Å². The zero-order valence-corrected chi connectivity index (χ0v) is 23.1. The van der Waals surface area contributed by atoms with Crippen molar-refractivity contribution in [3.8, 4) is 23.0 Å². The van der Waals surface area contributed by atoms with E-state index in [1.807, 2.05) is 13.8 Å². The zero-order chi connectivity index (χ0) is 27.1. The highest BCUT2D eigenvalue weighted by molar-refractivity contribution is 5.92. The van der Waals surface area contributed by atoms with Gasteiger partial charge >= 0.3 is 0 Å². The van der Waals surface area contributed by atoms with Crippen LogP contribution in [0.2, 0.25) is 0 Å². The summed E-state index contributed by atoms with van der Waals surface area (Å²) in [7, 11) is 0. The van der Waals surface area contributed by atoms with Crippen LogP contribution in [-0.2, 0) is 13.1 Å². The van der Waals surface area contributed by atoms with E-state index in [0.29, 0.717) is 57.9 Å². The number of aromatic nitrogens is 2. The van der Waals surface area contributed by atoms with E-state index in [2.05, 4.69) is 47.5 Å². The molecule has 200 valence electrons. The molecule has 38 heavy (non-hydrogen) atoms. The molecule has 1 aliphatic heterocycles. The average Bonchev–Trinajstić information content (AvgIpc) is 2.92. The Morgan fingerprint density at radius 3 is 1.34 bits per heavy atom. The Hall–Kier alpha value is -3.62. The van der Waals surface area contributed by atoms with Crippen LogP contribution < -0.4 is 20.3 Å². The van der Waals surface area contributed by atoms with Crippen LogP contribution in [0.5, 0.6) is 23.0 Å². The SMILES string of the molecule is CCN(CC)Cc1c(C)[nH]c2c3c(ccc2c1=O)Oc1c(ccc2c(=O)c(CN(CC)CC)c(C)[nH]c12)O3. The number of aryl methyl sites for hydroxylation is 2. The van der Waals surface area contributed by atoms with Gasteiger partial charge in [0.2, 0.25) is 0 Å². The number of hydrogen-bond acceptors (Lipinski definition) is 6. The van der Waals surface area contributed by atoms with Crippen LogP contribution in [0, 0.1) is 13.8 Å². The number of benzene rings is 2. The number of ether oxygens (including phenoxy) is 2. The number of rotatable bonds is 8. The summed E-state index contributed by atoms with van der Waals surface area (Å²) in [5.41, 5.74) is 4.37. The van der Waals surface area contributed by atoms with Crippen molar-refractivity contribution in [2.45, 2.75) is 54.6 Å². The molecule has 5 rings (SSSR count). The molecule has 8 nitrogen and oxygen atoms in total. The van der Waals surface area contributed by atoms with Crippen molar-refractivity contribution in [3.05, 3.63) is 67.2 Å². The van der Waals surface area contributed by atoms with E-state index in [9.17, 15) is 9.59 Å². The van der Waals surface area contributed by atoms with Crippen molar-refractivity contribution < 1.29 is 9.47 Å². The number of fused-ring (bicyclic) bond motifs is 6. The van der Waals surface area contributed by atoms with Gasteiger partial charge in [-0.25, -0.2) is 0 Å². The minimum Gasteiger partial charge on any atom is -0.447 e. The van der Waals surface area contributed by atoms with Crippen molar-refractivity contribution in [1.82, 2.24) is 19.8 Å². The number of hydrogen-bond donors (Lipinski definition) is 2. The number of nitrogens with zero attached hydrogens (tertiary/aromatic N) is 2. The first kappa shape index (κ1) is 26.0. The van der Waals surface area contributed by atoms with E-state index in [1.165, 1.54) is 0 Å². The summed E-state index contributed by atoms with van der Waals surface area (Å²) in [5.74, 6) is 1.94. The summed E-state index contributed by atoms with van der Waals surface area (Å²) in [5, 5.41) is 1.13. The predicted molar refractivity (Wildman–Crippen MR) is 152 cm³/mol. The summed E-state index contributed by atoms with van der Waals surface area (Å²) in [6.45, 7) is 16.9. The molecule has 0 radical (unpaired) electrons. The molecule has 0 spiro atoms. The molecule has 2 N–H and O–H groups in total. The fraction of sp³-hybridized carbons (Fsp3) is 0.400. The van der Waals surface area contributed by atoms with E-state index >= 15 is 0 Å². The summed E-state index contributed by atoms with van der Waals surface area (Å²) in [6, 6.07) is 7.11. The van der Waals surface area contributed by atoms with Gasteiger partial charge < -0.3 is 19.4 Å². The van der Waals surface area contributed by atoms with Gasteiger partial charge in [0.15, 0.2) is 33.9 Å². The van der Waals surface area contributed by atoms with Gasteiger partial charge in [-0.3, -0.25) is 19.4 Å². The van der Waals surface area contributed by atoms with Gasteiger partial charge in [0, 0.05) is 46.4 Å². The maximum Gasteiger partial charge on any atom is 0.194 e. The number of pyridine rings is 2. The van der Waals surface area contributed by atoms with Crippen molar-refractivity contribution in [2.24, 2.45) is 0 Å². The molecule has 3 heterocycles. The Bertz CT molecular complexity index is 1520. The second-order valence-corrected chi connectivity index (χ2v) is 9.87. The molecule has 8 heteroatoms. The predicted octanol–water partition coefficient (Wildman–Crippen LogP) is 5.57. The van der Waals surface area contributed by atoms with Crippen LogP contribution in [0.15, 0.2) is 33.9 Å². The number of nitrogens with one attached hydrogen (secondary N) is 2. The molecule has 0 atom stereocenters. The lowest BCUT2D eigenvalue weighted by molar-refractivity contribution is 0.294. The topological polar surface area (TPSA) is 90.7 Å². The third-order valence-electron chi connectivity index (χ3n) is 7.79. The van der Waals surface area contributed by atoms with Gasteiger partial charge in [0.25, 0.3) is 0 Å². The third kappa shape index (κ3) is 4.27. The second-order valence-electron chi connectivity index (χ2n) is 9.87. The lowest BCUT2D eigenvalue weighted by Crippen LogP contribution is -2.27. The molecule has 0 aliphatic carbocycles. The second kappa shape index (κ2) is 10.3. The van der Waals surface area contributed by atoms with E-state index in [4.69, 9.17) is 9.47 Å². The highest BCUT2D eigenvalue weighted by atomic mass is 16.6. The van der Waals surface area contributed by atoms with Crippen molar-refractivity contribution in [1.29, 1.82) is 0 Å². The van der Waals surface area contributed by atoms with E-state index in [1.54, 1.807) is 24.3 Å². The monoisotopic (exact) mass is 516 g/mol. The standard InChI is InChI=1S/C30H36N4O4/c1-7-33(8-2)15-21-17(5)31-25-19(27(21)35)11-13-23-29(25)37-24-14-12-20-26(30(24)38-23)32-18(6)22(28(20)36)16-34(9-3)10-4/h11-14H,7-10,15-16H2,1-6H3,(H,31,35)(H,32,36). The molecular formula is C30H36N4O4. The molecule has 4 aromatic rings. The Balaban J connectivity index is 1.59. The van der Waals surface area contributed by atoms with Crippen molar-refractivity contribution in [2.75, 3.05) is 26.2 Å². The quantitative estimate of drug-likeness (QED) is 0.280. The fourth-order valence-corrected chi connectivity index (χ4v) is 5.25. The normalized spacial score (nSPS) is 12.6. The first-order valence-electron chi connectivity index (χ1n) is 13.5. The summed E-state index contributed by atoms with van der Waals surface area (Å²) >= 11 is 0. The summed E-state index contributed by atoms with van der Waals surface area (Å²) in [6.07, 6.45) is 0. The highest BCUT2D eigenvalue weighted by Gasteiger charge is 2.27. The van der Waals surface area contributed by atoms with Gasteiger partial charge in [-0.1, -0.05) is 27.7 Å². The Kier molecular flexibility index (Phi) is 7.03. The van der Waals surface area contributed by atoms with Crippen LogP contribution in [-0.4, -0.2) is 45.9 Å². The molecule has 2 aromatic carbocycles. The van der Waals surface area contributed by atoms with Crippen LogP contribution in [0.25, 0.3) is 21.8 Å². The maximum atomic E-state index is 13.5. The van der Waals surface area contributed by atoms with Gasteiger partial charge in [-0.15, -0.1) is 0 Å². The molecule has 2 aromatic heterocycles. The lowest BCUT2D eigenvalue weighted by Gasteiger charge is -2.24. The zero-order valence-electron chi connectivity index (χ0n) is 23.1. The lowest BCUT2D eigenvalue weighted by atomic mass is 10.1. The Morgan fingerprint density at radius 1 is 0.632 bits per heavy atom. The molecular weight excluding hydrogens is 480 g/mol. The number of aromatic amines is 2. The van der Waals surface area contributed by atoms with Gasteiger partial charge in [0.1, 0.15) is 0 Å². The molecule has 0 saturated carbocycles. The van der Waals surface area contributed by atoms with Crippen molar-refractivity contribution >= 4 is 21.8 Å². The van der Waals surface area contributed by atoms with Gasteiger partial charge in [-0.05, 0) is 64.3 Å². The van der Waals surface area contributed by atoms with Crippen LogP contribution in [0.4, 0.5) is 0 Å². The van der Waals surface area contributed by atoms with E-state index in [-0.39, 0.29) is 10.9 Å². The van der Waals surface area contributed by atoms with Gasteiger partial charge in [-0.2, -0.15) is 0 Å². The van der Waals surface area contributed by atoms with E-state index < -0.39 is 0 Å². The Morgan fingerprint density at radius 2 is 1.00 bits per heavy atom. The molecule has 0 saturated heterocycles. The summed E-state index contributed by atoms with van der Waals surface area (Å²) in [4.78, 5) is 38.2. The molecule has 1 aliphatic rings. The molecule has 0 unspecified atom stereocenters. The minimum atomic E-state index is -0.000421. The highest BCUT2D eigenvalue weighted by Crippen LogP contribution is 2.49. The third-order valence-corrected chi connectivity index (χ3v) is 7.79. The molecule has 0 amide bonds. The minimum absolute atomic E-state index is 0.000421.